The van der Waals surface area contributed by atoms with Crippen molar-refractivity contribution >= 4 is 36.1 Å². The van der Waals surface area contributed by atoms with Gasteiger partial charge >= 0.3 is 21.7 Å². The van der Waals surface area contributed by atoms with Gasteiger partial charge in [-0.1, -0.05) is 65.5 Å². The molecule has 0 saturated carbocycles. The zero-order chi connectivity index (χ0) is 20.3. The van der Waals surface area contributed by atoms with Crippen LogP contribution in [0.25, 0.3) is 11.3 Å². The Hall–Kier alpha value is -1.12. The van der Waals surface area contributed by atoms with Crippen LogP contribution in [0.5, 0.6) is 0 Å². The number of allylic oxidation sites excluding steroid dienone is 4. The molecule has 30 heavy (non-hydrogen) atoms. The van der Waals surface area contributed by atoms with E-state index in [0.717, 1.165) is 11.1 Å². The molecule has 1 nitrogen and oxygen atoms in total. The number of halogens is 2. The van der Waals surface area contributed by atoms with Crippen molar-refractivity contribution in [3.63, 3.8) is 0 Å². The van der Waals surface area contributed by atoms with Gasteiger partial charge in [-0.2, -0.15) is 18.1 Å². The molecule has 0 aliphatic heterocycles. The molecule has 0 heterocycles. The van der Waals surface area contributed by atoms with Crippen molar-refractivity contribution < 1.29 is 21.7 Å². The van der Waals surface area contributed by atoms with E-state index in [1.165, 1.54) is 39.0 Å². The fourth-order valence-electron chi connectivity index (χ4n) is 3.97. The minimum absolute atomic E-state index is 0. The Bertz CT molecular complexity index is 890. The van der Waals surface area contributed by atoms with Gasteiger partial charge in [0.2, 0.25) is 0 Å². The smallest absolute Gasteiger partial charge is 0.698 e. The Kier molecular flexibility index (Phi) is 13.8. The number of aryl methyl sites for hydroxylation is 3. The molecular formula is C26H35Cl2NTi. The van der Waals surface area contributed by atoms with Crippen LogP contribution in [0.1, 0.15) is 62.4 Å². The number of nitrogens with one attached hydrogen (secondary N) is 1. The first kappa shape index (κ1) is 31.1. The van der Waals surface area contributed by atoms with Crippen LogP contribution in [0.3, 0.4) is 0 Å². The van der Waals surface area contributed by atoms with E-state index in [2.05, 4.69) is 72.2 Å². The zero-order valence-corrected chi connectivity index (χ0v) is 22.6. The topological polar surface area (TPSA) is 23.8 Å². The quantitative estimate of drug-likeness (QED) is 0.302. The van der Waals surface area contributed by atoms with Crippen LogP contribution >= 0.6 is 24.8 Å². The van der Waals surface area contributed by atoms with Crippen LogP contribution in [0.4, 0.5) is 5.69 Å². The summed E-state index contributed by atoms with van der Waals surface area (Å²) in [4.78, 5) is 0. The Morgan fingerprint density at radius 2 is 1.33 bits per heavy atom. The Balaban J connectivity index is 0. The van der Waals surface area contributed by atoms with E-state index in [1.807, 2.05) is 26.0 Å². The van der Waals surface area contributed by atoms with E-state index < -0.39 is 0 Å². The first-order valence-corrected chi connectivity index (χ1v) is 9.75. The van der Waals surface area contributed by atoms with Gasteiger partial charge in [0.1, 0.15) is 0 Å². The number of benzene rings is 2. The van der Waals surface area contributed by atoms with E-state index in [9.17, 15) is 0 Å². The molecule has 0 aromatic heterocycles. The molecule has 0 fully saturated rings. The maximum Gasteiger partial charge on any atom is 2.00 e. The van der Waals surface area contributed by atoms with Crippen LogP contribution in [0.15, 0.2) is 53.1 Å². The van der Waals surface area contributed by atoms with Crippen LogP contribution in [0.2, 0.25) is 0 Å². The molecule has 1 aliphatic carbocycles. The van der Waals surface area contributed by atoms with E-state index >= 15 is 0 Å². The van der Waals surface area contributed by atoms with Crippen LogP contribution in [0, 0.1) is 33.1 Å². The molecule has 0 saturated heterocycles. The Morgan fingerprint density at radius 1 is 0.833 bits per heavy atom. The van der Waals surface area contributed by atoms with Crippen molar-refractivity contribution in [2.75, 3.05) is 0 Å². The summed E-state index contributed by atoms with van der Waals surface area (Å²) in [5, 5.41) is 0. The molecule has 0 bridgehead atoms. The molecule has 0 radical (unpaired) electrons. The van der Waals surface area contributed by atoms with Gasteiger partial charge in [-0.15, -0.1) is 48.2 Å². The summed E-state index contributed by atoms with van der Waals surface area (Å²) in [7, 11) is 0. The molecule has 1 aliphatic rings. The molecule has 1 atom stereocenters. The second kappa shape index (κ2) is 13.3. The molecular weight excluding hydrogens is 445 g/mol. The van der Waals surface area contributed by atoms with E-state index in [0.29, 0.717) is 11.6 Å². The normalized spacial score (nSPS) is 14.7. The summed E-state index contributed by atoms with van der Waals surface area (Å²) in [6.45, 7) is 17.2. The third-order valence-corrected chi connectivity index (χ3v) is 5.88. The third kappa shape index (κ3) is 6.69. The van der Waals surface area contributed by atoms with Crippen molar-refractivity contribution in [1.82, 2.24) is 0 Å². The molecule has 162 valence electrons. The van der Waals surface area contributed by atoms with Crippen molar-refractivity contribution in [2.24, 2.45) is 5.92 Å². The summed E-state index contributed by atoms with van der Waals surface area (Å²) in [6, 6.07) is 12.8. The molecule has 0 spiro atoms. The predicted octanol–water partition coefficient (Wildman–Crippen LogP) is 9.16. The van der Waals surface area contributed by atoms with Gasteiger partial charge in [0.25, 0.3) is 0 Å². The molecule has 4 heteroatoms. The average molecular weight is 480 g/mol. The monoisotopic (exact) mass is 479 g/mol. The van der Waals surface area contributed by atoms with E-state index in [1.54, 1.807) is 0 Å². The third-order valence-electron chi connectivity index (χ3n) is 5.88. The second-order valence-electron chi connectivity index (χ2n) is 7.72. The summed E-state index contributed by atoms with van der Waals surface area (Å²) in [6.07, 6.45) is 2.20. The van der Waals surface area contributed by atoms with E-state index in [4.69, 9.17) is 5.73 Å². The zero-order valence-electron chi connectivity index (χ0n) is 19.4. The van der Waals surface area contributed by atoms with Crippen molar-refractivity contribution in [1.29, 1.82) is 0 Å². The molecule has 2 aromatic carbocycles. The maximum absolute atomic E-state index is 7.54. The van der Waals surface area contributed by atoms with E-state index in [-0.39, 0.29) is 46.5 Å². The Labute approximate surface area is 211 Å². The van der Waals surface area contributed by atoms with Crippen molar-refractivity contribution in [3.8, 4) is 0 Å². The standard InChI is InChI=1S/C17H21.C9H12N.2ClH.Ti/c1-6-15-9-7-8-10-16(15)17-13(4)11(2)12(3)14(17)5;1-6-4-7(2)9(10)8(3)5-6;;;/h6-10,13H,1-5H3;4-5,10H,1-3H3;2*1H;/q2*-1;;;+2. The van der Waals surface area contributed by atoms with Gasteiger partial charge < -0.3 is 5.73 Å². The summed E-state index contributed by atoms with van der Waals surface area (Å²) >= 11 is 0. The minimum Gasteiger partial charge on any atom is -0.698 e. The molecule has 2 aromatic rings. The number of hydrogen-bond acceptors (Lipinski definition) is 0. The maximum atomic E-state index is 7.54. The van der Waals surface area contributed by atoms with Crippen molar-refractivity contribution in [3.05, 3.63) is 93.1 Å². The first-order valence-electron chi connectivity index (χ1n) is 9.75. The van der Waals surface area contributed by atoms with Gasteiger partial charge in [0.15, 0.2) is 0 Å². The van der Waals surface area contributed by atoms with Gasteiger partial charge in [0.05, 0.1) is 0 Å². The predicted molar refractivity (Wildman–Crippen MR) is 135 cm³/mol. The van der Waals surface area contributed by atoms with Gasteiger partial charge in [-0.25, -0.2) is 0 Å². The van der Waals surface area contributed by atoms with Crippen LogP contribution in [-0.2, 0) is 21.7 Å². The summed E-state index contributed by atoms with van der Waals surface area (Å²) in [5.41, 5.74) is 20.3. The fourth-order valence-corrected chi connectivity index (χ4v) is 3.97. The number of rotatable bonds is 2. The summed E-state index contributed by atoms with van der Waals surface area (Å²) in [5.74, 6) is 0.552. The molecule has 3 rings (SSSR count). The SMILES string of the molecule is C[CH-]c1ccccc1C1=C(C)C(C)=C(C)C1C.Cc1cc(C)c([NH-])c(C)c1.Cl.Cl.[Ti+2]. The Morgan fingerprint density at radius 3 is 1.77 bits per heavy atom. The molecule has 1 N–H and O–H groups in total. The van der Waals surface area contributed by atoms with Crippen molar-refractivity contribution in [2.45, 2.75) is 55.4 Å². The second-order valence-corrected chi connectivity index (χ2v) is 7.72. The van der Waals surface area contributed by atoms with Crippen LogP contribution < -0.4 is 0 Å². The molecule has 1 unspecified atom stereocenters. The largest absolute Gasteiger partial charge is 2.00 e. The van der Waals surface area contributed by atoms with Gasteiger partial charge in [-0.05, 0) is 53.0 Å². The average Bonchev–Trinajstić information content (AvgIpc) is 2.83. The van der Waals surface area contributed by atoms with Gasteiger partial charge in [-0.3, -0.25) is 0 Å². The fraction of sp³-hybridized carbons (Fsp3) is 0.346. The van der Waals surface area contributed by atoms with Gasteiger partial charge in [0, 0.05) is 0 Å². The van der Waals surface area contributed by atoms with Crippen LogP contribution in [-0.4, -0.2) is 0 Å². The summed E-state index contributed by atoms with van der Waals surface area (Å²) < 4.78 is 0. The number of hydrogen-bond donors (Lipinski definition) is 0. The first-order chi connectivity index (χ1) is 12.7. The molecule has 0 amide bonds. The minimum atomic E-state index is 0.